The normalized spacial score (nSPS) is 24.4. The highest BCUT2D eigenvalue weighted by atomic mass is 16.5. The summed E-state index contributed by atoms with van der Waals surface area (Å²) >= 11 is 0. The number of nitrogens with zero attached hydrogens (tertiary/aromatic N) is 1. The number of amides is 2. The predicted octanol–water partition coefficient (Wildman–Crippen LogP) is 3.03. The van der Waals surface area contributed by atoms with Gasteiger partial charge in [0.2, 0.25) is 11.8 Å². The van der Waals surface area contributed by atoms with E-state index in [0.717, 1.165) is 24.3 Å². The molecule has 1 aromatic rings. The third kappa shape index (κ3) is 3.12. The minimum absolute atomic E-state index is 0.00299. The van der Waals surface area contributed by atoms with Gasteiger partial charge in [0.05, 0.1) is 6.61 Å². The van der Waals surface area contributed by atoms with Crippen molar-refractivity contribution in [1.82, 2.24) is 5.32 Å². The van der Waals surface area contributed by atoms with E-state index in [-0.39, 0.29) is 17.9 Å². The second kappa shape index (κ2) is 6.83. The standard InChI is InChI=1S/C19H26N2O3/c1-3-24-16-10-8-15(9-11-16)21-17(22)12-13-19(21,2)18(23)20-14-6-4-5-7-14/h8-11,14H,3-7,12-13H2,1-2H3,(H,20,23). The molecule has 5 nitrogen and oxygen atoms in total. The molecule has 1 heterocycles. The Bertz CT molecular complexity index is 608. The average Bonchev–Trinajstić information content (AvgIpc) is 3.18. The zero-order valence-electron chi connectivity index (χ0n) is 14.5. The van der Waals surface area contributed by atoms with Gasteiger partial charge in [0.15, 0.2) is 0 Å². The van der Waals surface area contributed by atoms with Gasteiger partial charge < -0.3 is 10.1 Å². The molecule has 2 aliphatic rings. The number of hydrogen-bond acceptors (Lipinski definition) is 3. The van der Waals surface area contributed by atoms with Crippen LogP contribution >= 0.6 is 0 Å². The molecule has 0 spiro atoms. The fourth-order valence-corrected chi connectivity index (χ4v) is 3.76. The summed E-state index contributed by atoms with van der Waals surface area (Å²) in [6.45, 7) is 4.41. The molecule has 3 rings (SSSR count). The Morgan fingerprint density at radius 2 is 1.96 bits per heavy atom. The van der Waals surface area contributed by atoms with Crippen LogP contribution in [0.15, 0.2) is 24.3 Å². The maximum atomic E-state index is 12.9. The molecule has 0 bridgehead atoms. The molecule has 24 heavy (non-hydrogen) atoms. The maximum absolute atomic E-state index is 12.9. The number of nitrogens with one attached hydrogen (secondary N) is 1. The summed E-state index contributed by atoms with van der Waals surface area (Å²) in [5.41, 5.74) is -0.0580. The Hall–Kier alpha value is -2.04. The van der Waals surface area contributed by atoms with Crippen LogP contribution in [0.5, 0.6) is 5.75 Å². The van der Waals surface area contributed by atoms with E-state index in [0.29, 0.717) is 19.4 Å². The highest BCUT2D eigenvalue weighted by molar-refractivity contribution is 6.06. The third-order valence-electron chi connectivity index (χ3n) is 5.15. The summed E-state index contributed by atoms with van der Waals surface area (Å²) in [5.74, 6) is 0.738. The SMILES string of the molecule is CCOc1ccc(N2C(=O)CCC2(C)C(=O)NC2CCCC2)cc1. The molecular weight excluding hydrogens is 304 g/mol. The van der Waals surface area contributed by atoms with Gasteiger partial charge in [-0.3, -0.25) is 14.5 Å². The molecule has 1 N–H and O–H groups in total. The molecule has 2 fully saturated rings. The molecule has 0 radical (unpaired) electrons. The first kappa shape index (κ1) is 16.8. The Kier molecular flexibility index (Phi) is 4.78. The Morgan fingerprint density at radius 1 is 1.29 bits per heavy atom. The largest absolute Gasteiger partial charge is 0.494 e. The summed E-state index contributed by atoms with van der Waals surface area (Å²) < 4.78 is 5.46. The van der Waals surface area contributed by atoms with E-state index in [2.05, 4.69) is 5.32 Å². The van der Waals surface area contributed by atoms with Gasteiger partial charge in [-0.1, -0.05) is 12.8 Å². The van der Waals surface area contributed by atoms with Crippen molar-refractivity contribution in [3.63, 3.8) is 0 Å². The zero-order chi connectivity index (χ0) is 17.2. The number of carbonyl (C=O) groups is 2. The lowest BCUT2D eigenvalue weighted by molar-refractivity contribution is -0.127. The summed E-state index contributed by atoms with van der Waals surface area (Å²) in [4.78, 5) is 27.0. The van der Waals surface area contributed by atoms with E-state index in [4.69, 9.17) is 4.74 Å². The second-order valence-corrected chi connectivity index (χ2v) is 6.88. The van der Waals surface area contributed by atoms with E-state index in [9.17, 15) is 9.59 Å². The topological polar surface area (TPSA) is 58.6 Å². The summed E-state index contributed by atoms with van der Waals surface area (Å²) in [5, 5.41) is 3.16. The van der Waals surface area contributed by atoms with Crippen LogP contribution in [-0.4, -0.2) is 30.0 Å². The van der Waals surface area contributed by atoms with Gasteiger partial charge in [-0.2, -0.15) is 0 Å². The molecule has 130 valence electrons. The van der Waals surface area contributed by atoms with Gasteiger partial charge in [-0.15, -0.1) is 0 Å². The monoisotopic (exact) mass is 330 g/mol. The first-order valence-corrected chi connectivity index (χ1v) is 8.91. The summed E-state index contributed by atoms with van der Waals surface area (Å²) in [6, 6.07) is 7.66. The van der Waals surface area contributed by atoms with Crippen molar-refractivity contribution in [2.45, 2.75) is 64.0 Å². The Balaban J connectivity index is 1.80. The Labute approximate surface area is 143 Å². The fourth-order valence-electron chi connectivity index (χ4n) is 3.76. The van der Waals surface area contributed by atoms with E-state index >= 15 is 0 Å². The molecule has 2 amide bonds. The molecule has 1 aromatic carbocycles. The number of ether oxygens (including phenoxy) is 1. The molecule has 1 atom stereocenters. The zero-order valence-corrected chi connectivity index (χ0v) is 14.5. The van der Waals surface area contributed by atoms with Crippen molar-refractivity contribution >= 4 is 17.5 Å². The predicted molar refractivity (Wildman–Crippen MR) is 93.1 cm³/mol. The van der Waals surface area contributed by atoms with Crippen LogP contribution in [0.1, 0.15) is 52.4 Å². The van der Waals surface area contributed by atoms with Gasteiger partial charge in [0.1, 0.15) is 11.3 Å². The number of anilines is 1. The lowest BCUT2D eigenvalue weighted by Gasteiger charge is -2.35. The van der Waals surface area contributed by atoms with Crippen molar-refractivity contribution in [1.29, 1.82) is 0 Å². The average molecular weight is 330 g/mol. The van der Waals surface area contributed by atoms with Crippen LogP contribution in [-0.2, 0) is 9.59 Å². The van der Waals surface area contributed by atoms with Crippen LogP contribution in [0.3, 0.4) is 0 Å². The van der Waals surface area contributed by atoms with Crippen molar-refractivity contribution in [3.05, 3.63) is 24.3 Å². The third-order valence-corrected chi connectivity index (χ3v) is 5.15. The van der Waals surface area contributed by atoms with Gasteiger partial charge in [-0.25, -0.2) is 0 Å². The van der Waals surface area contributed by atoms with Gasteiger partial charge in [0, 0.05) is 18.2 Å². The van der Waals surface area contributed by atoms with Crippen LogP contribution < -0.4 is 15.0 Å². The molecule has 0 aromatic heterocycles. The molecule has 1 saturated heterocycles. The number of hydrogen-bond donors (Lipinski definition) is 1. The van der Waals surface area contributed by atoms with E-state index in [1.165, 1.54) is 12.8 Å². The van der Waals surface area contributed by atoms with Gasteiger partial charge in [0.25, 0.3) is 0 Å². The second-order valence-electron chi connectivity index (χ2n) is 6.88. The minimum Gasteiger partial charge on any atom is -0.494 e. The summed E-state index contributed by atoms with van der Waals surface area (Å²) in [6.07, 6.45) is 5.38. The first-order valence-electron chi connectivity index (χ1n) is 8.91. The van der Waals surface area contributed by atoms with Crippen LogP contribution in [0, 0.1) is 0 Å². The highest BCUT2D eigenvalue weighted by Gasteiger charge is 2.48. The van der Waals surface area contributed by atoms with Crippen molar-refractivity contribution in [2.24, 2.45) is 0 Å². The lowest BCUT2D eigenvalue weighted by atomic mass is 9.96. The van der Waals surface area contributed by atoms with Crippen LogP contribution in [0.2, 0.25) is 0 Å². The van der Waals surface area contributed by atoms with Gasteiger partial charge in [-0.05, 0) is 57.4 Å². The number of carbonyl (C=O) groups excluding carboxylic acids is 2. The first-order chi connectivity index (χ1) is 11.5. The van der Waals surface area contributed by atoms with Crippen molar-refractivity contribution < 1.29 is 14.3 Å². The lowest BCUT2D eigenvalue weighted by Crippen LogP contribution is -2.56. The molecule has 1 aliphatic carbocycles. The van der Waals surface area contributed by atoms with E-state index in [1.54, 1.807) is 4.90 Å². The Morgan fingerprint density at radius 3 is 2.58 bits per heavy atom. The minimum atomic E-state index is -0.813. The van der Waals surface area contributed by atoms with Crippen LogP contribution in [0.25, 0.3) is 0 Å². The molecule has 1 saturated carbocycles. The van der Waals surface area contributed by atoms with Crippen molar-refractivity contribution in [3.8, 4) is 5.75 Å². The molecule has 1 aliphatic heterocycles. The molecule has 5 heteroatoms. The molecule has 1 unspecified atom stereocenters. The van der Waals surface area contributed by atoms with Crippen molar-refractivity contribution in [2.75, 3.05) is 11.5 Å². The smallest absolute Gasteiger partial charge is 0.246 e. The fraction of sp³-hybridized carbons (Fsp3) is 0.579. The maximum Gasteiger partial charge on any atom is 0.246 e. The van der Waals surface area contributed by atoms with Gasteiger partial charge >= 0.3 is 0 Å². The van der Waals surface area contributed by atoms with Crippen LogP contribution in [0.4, 0.5) is 5.69 Å². The highest BCUT2D eigenvalue weighted by Crippen LogP contribution is 2.36. The number of rotatable bonds is 5. The quantitative estimate of drug-likeness (QED) is 0.903. The van der Waals surface area contributed by atoms with E-state index < -0.39 is 5.54 Å². The summed E-state index contributed by atoms with van der Waals surface area (Å²) in [7, 11) is 0. The molecular formula is C19H26N2O3. The van der Waals surface area contributed by atoms with E-state index in [1.807, 2.05) is 38.1 Å². The number of benzene rings is 1.